The van der Waals surface area contributed by atoms with Crippen LogP contribution in [0.15, 0.2) is 24.3 Å². The molecule has 1 aliphatic heterocycles. The van der Waals surface area contributed by atoms with E-state index in [0.29, 0.717) is 0 Å². The summed E-state index contributed by atoms with van der Waals surface area (Å²) in [7, 11) is 2.96. The number of nitrogens with two attached hydrogens (primary N) is 1. The van der Waals surface area contributed by atoms with Gasteiger partial charge in [0.25, 0.3) is 0 Å². The summed E-state index contributed by atoms with van der Waals surface area (Å²) in [5.41, 5.74) is 12.9. The van der Waals surface area contributed by atoms with Crippen molar-refractivity contribution in [1.82, 2.24) is 10.9 Å². The molecule has 1 fully saturated rings. The van der Waals surface area contributed by atoms with Crippen molar-refractivity contribution < 1.29 is 14.3 Å². The van der Waals surface area contributed by atoms with Gasteiger partial charge >= 0.3 is 5.97 Å². The minimum Gasteiger partial charge on any atom is -0.497 e. The summed E-state index contributed by atoms with van der Waals surface area (Å²) in [6, 6.07) is 6.48. The summed E-state index contributed by atoms with van der Waals surface area (Å²) >= 11 is 0. The topological polar surface area (TPSA) is 85.6 Å². The first kappa shape index (κ1) is 12.8. The Labute approximate surface area is 105 Å². The van der Waals surface area contributed by atoms with Crippen molar-refractivity contribution in [2.24, 2.45) is 5.73 Å². The highest BCUT2D eigenvalue weighted by Crippen LogP contribution is 2.23. The molecule has 3 atom stereocenters. The van der Waals surface area contributed by atoms with E-state index in [1.807, 2.05) is 24.3 Å². The second-order valence-electron chi connectivity index (χ2n) is 4.12. The van der Waals surface area contributed by atoms with E-state index >= 15 is 0 Å². The SMILES string of the molecule is COC(=O)C1NNC(c2ccc(OC)cc2)C1N. The summed E-state index contributed by atoms with van der Waals surface area (Å²) in [6.45, 7) is 0. The van der Waals surface area contributed by atoms with Gasteiger partial charge in [-0.2, -0.15) is 0 Å². The highest BCUT2D eigenvalue weighted by Gasteiger charge is 2.38. The number of rotatable bonds is 3. The predicted octanol–water partition coefficient (Wildman–Crippen LogP) is -0.287. The molecule has 18 heavy (non-hydrogen) atoms. The van der Waals surface area contributed by atoms with Gasteiger partial charge in [0.15, 0.2) is 0 Å². The molecule has 0 bridgehead atoms. The lowest BCUT2D eigenvalue weighted by atomic mass is 9.97. The second kappa shape index (κ2) is 5.34. The number of esters is 1. The molecular weight excluding hydrogens is 234 g/mol. The molecule has 4 N–H and O–H groups in total. The van der Waals surface area contributed by atoms with Crippen LogP contribution in [0.3, 0.4) is 0 Å². The van der Waals surface area contributed by atoms with E-state index < -0.39 is 6.04 Å². The van der Waals surface area contributed by atoms with Crippen molar-refractivity contribution in [3.63, 3.8) is 0 Å². The molecule has 1 aromatic carbocycles. The number of hydrogen-bond acceptors (Lipinski definition) is 6. The first-order valence-electron chi connectivity index (χ1n) is 5.65. The number of nitrogens with one attached hydrogen (secondary N) is 2. The van der Waals surface area contributed by atoms with Gasteiger partial charge in [-0.05, 0) is 17.7 Å². The molecular formula is C12H17N3O3. The Morgan fingerprint density at radius 1 is 1.22 bits per heavy atom. The molecule has 3 unspecified atom stereocenters. The zero-order valence-electron chi connectivity index (χ0n) is 10.3. The number of carbonyl (C=O) groups is 1. The smallest absolute Gasteiger partial charge is 0.325 e. The van der Waals surface area contributed by atoms with E-state index in [-0.39, 0.29) is 18.1 Å². The Morgan fingerprint density at radius 2 is 1.89 bits per heavy atom. The van der Waals surface area contributed by atoms with Crippen molar-refractivity contribution in [2.45, 2.75) is 18.1 Å². The molecule has 98 valence electrons. The van der Waals surface area contributed by atoms with Crippen LogP contribution in [0.4, 0.5) is 0 Å². The molecule has 0 aliphatic carbocycles. The van der Waals surface area contributed by atoms with E-state index in [9.17, 15) is 4.79 Å². The largest absolute Gasteiger partial charge is 0.497 e. The molecule has 0 spiro atoms. The van der Waals surface area contributed by atoms with Crippen LogP contribution in [0.5, 0.6) is 5.75 Å². The fourth-order valence-corrected chi connectivity index (χ4v) is 2.02. The maximum atomic E-state index is 11.5. The van der Waals surface area contributed by atoms with Gasteiger partial charge in [-0.3, -0.25) is 4.79 Å². The molecule has 0 aromatic heterocycles. The highest BCUT2D eigenvalue weighted by atomic mass is 16.5. The summed E-state index contributed by atoms with van der Waals surface area (Å²) in [4.78, 5) is 11.5. The lowest BCUT2D eigenvalue weighted by molar-refractivity contribution is -0.143. The molecule has 0 saturated carbocycles. The molecule has 6 heteroatoms. The summed E-state index contributed by atoms with van der Waals surface area (Å²) in [5.74, 6) is 0.411. The Kier molecular flexibility index (Phi) is 3.81. The zero-order valence-corrected chi connectivity index (χ0v) is 10.3. The maximum Gasteiger partial charge on any atom is 0.325 e. The molecule has 1 aromatic rings. The second-order valence-corrected chi connectivity index (χ2v) is 4.12. The van der Waals surface area contributed by atoms with Crippen molar-refractivity contribution in [3.8, 4) is 5.75 Å². The average molecular weight is 251 g/mol. The van der Waals surface area contributed by atoms with Crippen LogP contribution in [0.2, 0.25) is 0 Å². The molecule has 1 aliphatic rings. The fraction of sp³-hybridized carbons (Fsp3) is 0.417. The van der Waals surface area contributed by atoms with Gasteiger partial charge in [-0.1, -0.05) is 12.1 Å². The molecule has 0 radical (unpaired) electrons. The van der Waals surface area contributed by atoms with Crippen LogP contribution in [-0.4, -0.2) is 32.3 Å². The number of ether oxygens (including phenoxy) is 2. The third kappa shape index (κ3) is 2.31. The number of carbonyl (C=O) groups excluding carboxylic acids is 1. The minimum absolute atomic E-state index is 0.139. The number of hydrazine groups is 1. The Balaban J connectivity index is 2.12. The maximum absolute atomic E-state index is 11.5. The van der Waals surface area contributed by atoms with Crippen LogP contribution < -0.4 is 21.3 Å². The van der Waals surface area contributed by atoms with E-state index in [2.05, 4.69) is 15.6 Å². The third-order valence-corrected chi connectivity index (χ3v) is 3.09. The van der Waals surface area contributed by atoms with Crippen LogP contribution in [0.1, 0.15) is 11.6 Å². The lowest BCUT2D eigenvalue weighted by Gasteiger charge is -2.17. The molecule has 1 saturated heterocycles. The molecule has 0 amide bonds. The third-order valence-electron chi connectivity index (χ3n) is 3.09. The van der Waals surface area contributed by atoms with Crippen molar-refractivity contribution in [1.29, 1.82) is 0 Å². The normalized spacial score (nSPS) is 26.9. The fourth-order valence-electron chi connectivity index (χ4n) is 2.02. The lowest BCUT2D eigenvalue weighted by Crippen LogP contribution is -2.45. The van der Waals surface area contributed by atoms with Gasteiger partial charge in [0.2, 0.25) is 0 Å². The minimum atomic E-state index is -0.540. The molecule has 1 heterocycles. The van der Waals surface area contributed by atoms with E-state index in [4.69, 9.17) is 10.5 Å². The van der Waals surface area contributed by atoms with Crippen LogP contribution >= 0.6 is 0 Å². The number of benzene rings is 1. The summed E-state index contributed by atoms with van der Waals surface area (Å²) in [5, 5.41) is 0. The number of hydrogen-bond donors (Lipinski definition) is 3. The van der Waals surface area contributed by atoms with Gasteiger partial charge in [0.1, 0.15) is 11.8 Å². The monoisotopic (exact) mass is 251 g/mol. The van der Waals surface area contributed by atoms with Crippen molar-refractivity contribution >= 4 is 5.97 Å². The van der Waals surface area contributed by atoms with Gasteiger partial charge < -0.3 is 15.2 Å². The first-order valence-corrected chi connectivity index (χ1v) is 5.65. The first-order chi connectivity index (χ1) is 8.67. The Bertz CT molecular complexity index is 421. The van der Waals surface area contributed by atoms with Crippen molar-refractivity contribution in [2.75, 3.05) is 14.2 Å². The van der Waals surface area contributed by atoms with E-state index in [1.165, 1.54) is 7.11 Å². The van der Waals surface area contributed by atoms with Gasteiger partial charge in [0.05, 0.1) is 26.3 Å². The van der Waals surface area contributed by atoms with Crippen LogP contribution in [0.25, 0.3) is 0 Å². The number of methoxy groups -OCH3 is 2. The average Bonchev–Trinajstić information content (AvgIpc) is 2.80. The zero-order chi connectivity index (χ0) is 13.1. The van der Waals surface area contributed by atoms with Crippen LogP contribution in [-0.2, 0) is 9.53 Å². The summed E-state index contributed by atoms with van der Waals surface area (Å²) in [6.07, 6.45) is 0. The molecule has 2 rings (SSSR count). The van der Waals surface area contributed by atoms with Gasteiger partial charge in [-0.15, -0.1) is 0 Å². The van der Waals surface area contributed by atoms with Gasteiger partial charge in [0, 0.05) is 0 Å². The summed E-state index contributed by atoms with van der Waals surface area (Å²) < 4.78 is 9.78. The van der Waals surface area contributed by atoms with Crippen molar-refractivity contribution in [3.05, 3.63) is 29.8 Å². The quantitative estimate of drug-likeness (QED) is 0.640. The van der Waals surface area contributed by atoms with E-state index in [0.717, 1.165) is 11.3 Å². The highest BCUT2D eigenvalue weighted by molar-refractivity contribution is 5.77. The van der Waals surface area contributed by atoms with Crippen LogP contribution in [0, 0.1) is 0 Å². The Hall–Kier alpha value is -1.63. The predicted molar refractivity (Wildman–Crippen MR) is 65.8 cm³/mol. The Morgan fingerprint density at radius 3 is 2.44 bits per heavy atom. The standard InChI is InChI=1S/C12H17N3O3/c1-17-8-5-3-7(4-6-8)10-9(13)11(15-14-10)12(16)18-2/h3-6,9-11,14-15H,13H2,1-2H3. The van der Waals surface area contributed by atoms with Gasteiger partial charge in [-0.25, -0.2) is 10.9 Å². The van der Waals surface area contributed by atoms with E-state index in [1.54, 1.807) is 7.11 Å². The molecule has 6 nitrogen and oxygen atoms in total.